The Morgan fingerprint density at radius 3 is 2.87 bits per heavy atom. The lowest BCUT2D eigenvalue weighted by atomic mass is 9.80. The van der Waals surface area contributed by atoms with Gasteiger partial charge in [0.2, 0.25) is 0 Å². The molecule has 5 rings (SSSR count). The molecule has 2 aromatic rings. The lowest BCUT2D eigenvalue weighted by Crippen LogP contribution is -2.39. The van der Waals surface area contributed by atoms with Crippen LogP contribution in [0.15, 0.2) is 60.7 Å². The van der Waals surface area contributed by atoms with Gasteiger partial charge in [-0.1, -0.05) is 67.7 Å². The molecule has 0 fully saturated rings. The van der Waals surface area contributed by atoms with Crippen LogP contribution >= 0.6 is 0 Å². The maximum absolute atomic E-state index is 4.03. The Hall–Kier alpha value is -2.32. The number of benzene rings is 1. The molecular weight excluding hydrogens is 364 g/mol. The number of rotatable bonds is 4. The molecule has 2 heterocycles. The van der Waals surface area contributed by atoms with E-state index in [9.17, 15) is 0 Å². The second-order valence-electron chi connectivity index (χ2n) is 9.23. The van der Waals surface area contributed by atoms with Gasteiger partial charge in [0.15, 0.2) is 0 Å². The van der Waals surface area contributed by atoms with Gasteiger partial charge < -0.3 is 4.57 Å². The van der Waals surface area contributed by atoms with Crippen molar-refractivity contribution >= 4 is 17.0 Å². The van der Waals surface area contributed by atoms with Crippen LogP contribution in [0.3, 0.4) is 0 Å². The summed E-state index contributed by atoms with van der Waals surface area (Å²) in [6.45, 7) is 11.9. The Morgan fingerprint density at radius 1 is 1.20 bits per heavy atom. The van der Waals surface area contributed by atoms with E-state index in [2.05, 4.69) is 78.5 Å². The van der Waals surface area contributed by atoms with Gasteiger partial charge in [-0.05, 0) is 62.3 Å². The van der Waals surface area contributed by atoms with Gasteiger partial charge in [0.1, 0.15) is 0 Å². The van der Waals surface area contributed by atoms with Gasteiger partial charge in [0, 0.05) is 41.6 Å². The zero-order chi connectivity index (χ0) is 20.7. The summed E-state index contributed by atoms with van der Waals surface area (Å²) in [6, 6.07) is 7.45. The number of fused-ring (bicyclic) bond motifs is 5. The van der Waals surface area contributed by atoms with Gasteiger partial charge in [-0.3, -0.25) is 4.90 Å². The number of nitrogens with zero attached hydrogens (tertiary/aromatic N) is 2. The summed E-state index contributed by atoms with van der Waals surface area (Å²) in [5.41, 5.74) is 7.23. The van der Waals surface area contributed by atoms with Gasteiger partial charge in [0.05, 0.1) is 0 Å². The third-order valence-electron chi connectivity index (χ3n) is 7.31. The van der Waals surface area contributed by atoms with Crippen molar-refractivity contribution in [1.29, 1.82) is 0 Å². The highest BCUT2D eigenvalue weighted by atomic mass is 15.2. The van der Waals surface area contributed by atoms with Crippen molar-refractivity contribution in [2.24, 2.45) is 0 Å². The van der Waals surface area contributed by atoms with Crippen LogP contribution in [0.25, 0.3) is 17.0 Å². The molecule has 0 bridgehead atoms. The van der Waals surface area contributed by atoms with Crippen molar-refractivity contribution in [3.8, 4) is 0 Å². The summed E-state index contributed by atoms with van der Waals surface area (Å²) in [7, 11) is 0. The Balaban J connectivity index is 1.75. The summed E-state index contributed by atoms with van der Waals surface area (Å²) in [5, 5.41) is 1.47. The molecule has 1 aromatic heterocycles. The van der Waals surface area contributed by atoms with E-state index >= 15 is 0 Å². The molecule has 0 radical (unpaired) electrons. The standard InChI is InChI=1S/C28H34N2/c1-4-15-29-16-17-30-26-19-21(5-2)12-14-23(26)27(22-9-7-6-8-10-22)28(30)24-13-11-20(3)18-25(24)29/h5-7,11-14,18-19,22,24-25H,2,4,8-10,15-17H2,1,3H3. The molecule has 1 aromatic carbocycles. The largest absolute Gasteiger partial charge is 0.342 e. The highest BCUT2D eigenvalue weighted by Gasteiger charge is 2.36. The first-order chi connectivity index (χ1) is 14.7. The van der Waals surface area contributed by atoms with Crippen molar-refractivity contribution < 1.29 is 0 Å². The first-order valence-corrected chi connectivity index (χ1v) is 11.8. The average molecular weight is 399 g/mol. The summed E-state index contributed by atoms with van der Waals surface area (Å²) < 4.78 is 2.67. The first kappa shape index (κ1) is 19.6. The molecule has 0 amide bonds. The van der Waals surface area contributed by atoms with E-state index in [1.54, 1.807) is 11.3 Å². The minimum absolute atomic E-state index is 0.434. The smallest absolute Gasteiger partial charge is 0.0492 e. The normalized spacial score (nSPS) is 26.2. The quantitative estimate of drug-likeness (QED) is 0.514. The van der Waals surface area contributed by atoms with Crippen LogP contribution in [0.4, 0.5) is 0 Å². The van der Waals surface area contributed by atoms with Gasteiger partial charge in [-0.15, -0.1) is 0 Å². The van der Waals surface area contributed by atoms with Gasteiger partial charge in [0.25, 0.3) is 0 Å². The van der Waals surface area contributed by atoms with Crippen LogP contribution in [0, 0.1) is 0 Å². The number of aromatic nitrogens is 1. The summed E-state index contributed by atoms with van der Waals surface area (Å²) in [5.74, 6) is 1.06. The fourth-order valence-corrected chi connectivity index (χ4v) is 5.93. The Labute approximate surface area is 181 Å². The second kappa shape index (κ2) is 8.07. The number of hydrogen-bond donors (Lipinski definition) is 0. The maximum Gasteiger partial charge on any atom is 0.0492 e. The minimum atomic E-state index is 0.434. The highest BCUT2D eigenvalue weighted by Crippen LogP contribution is 2.45. The summed E-state index contributed by atoms with van der Waals surface area (Å²) in [4.78, 5) is 2.72. The zero-order valence-corrected chi connectivity index (χ0v) is 18.5. The molecule has 1 aliphatic heterocycles. The van der Waals surface area contributed by atoms with Gasteiger partial charge in [-0.25, -0.2) is 0 Å². The summed E-state index contributed by atoms with van der Waals surface area (Å²) >= 11 is 0. The van der Waals surface area contributed by atoms with E-state index in [-0.39, 0.29) is 0 Å². The van der Waals surface area contributed by atoms with Crippen molar-refractivity contribution in [3.05, 3.63) is 77.6 Å². The number of allylic oxidation sites excluding steroid dienone is 4. The third-order valence-corrected chi connectivity index (χ3v) is 7.31. The van der Waals surface area contributed by atoms with E-state index < -0.39 is 0 Å². The molecule has 2 aliphatic carbocycles. The van der Waals surface area contributed by atoms with Crippen molar-refractivity contribution in [3.63, 3.8) is 0 Å². The molecule has 0 spiro atoms. The minimum Gasteiger partial charge on any atom is -0.342 e. The molecule has 30 heavy (non-hydrogen) atoms. The summed E-state index contributed by atoms with van der Waals surface area (Å²) in [6.07, 6.45) is 19.0. The van der Waals surface area contributed by atoms with Crippen LogP contribution in [0.1, 0.15) is 68.2 Å². The molecule has 0 saturated heterocycles. The molecule has 0 N–H and O–H groups in total. The van der Waals surface area contributed by atoms with Gasteiger partial charge in [-0.2, -0.15) is 0 Å². The van der Waals surface area contributed by atoms with E-state index in [4.69, 9.17) is 0 Å². The molecular formula is C28H34N2. The number of hydrogen-bond acceptors (Lipinski definition) is 1. The predicted molar refractivity (Wildman–Crippen MR) is 129 cm³/mol. The fraction of sp³-hybridized carbons (Fsp3) is 0.429. The van der Waals surface area contributed by atoms with Crippen molar-refractivity contribution in [1.82, 2.24) is 9.47 Å². The Morgan fingerprint density at radius 2 is 2.10 bits per heavy atom. The highest BCUT2D eigenvalue weighted by molar-refractivity contribution is 5.88. The third kappa shape index (κ3) is 3.22. The Bertz CT molecular complexity index is 1050. The second-order valence-corrected chi connectivity index (χ2v) is 9.23. The van der Waals surface area contributed by atoms with Crippen LogP contribution < -0.4 is 0 Å². The monoisotopic (exact) mass is 398 g/mol. The SMILES string of the molecule is C=Cc1ccc2c(C3CC=CCC3)c3n(c2c1)CCN(CCC)C1C=C(C)C=CC31. The van der Waals surface area contributed by atoms with E-state index in [0.29, 0.717) is 17.9 Å². The molecule has 3 unspecified atom stereocenters. The molecule has 0 saturated carbocycles. The Kier molecular flexibility index (Phi) is 5.28. The van der Waals surface area contributed by atoms with E-state index in [1.165, 1.54) is 54.3 Å². The van der Waals surface area contributed by atoms with Crippen molar-refractivity contribution in [2.75, 3.05) is 13.1 Å². The topological polar surface area (TPSA) is 8.17 Å². The molecule has 3 atom stereocenters. The zero-order valence-electron chi connectivity index (χ0n) is 18.5. The van der Waals surface area contributed by atoms with Crippen LogP contribution in [0.2, 0.25) is 0 Å². The fourth-order valence-electron chi connectivity index (χ4n) is 5.93. The average Bonchev–Trinajstić information content (AvgIpc) is 3.01. The van der Waals surface area contributed by atoms with E-state index in [1.807, 2.05) is 6.08 Å². The van der Waals surface area contributed by atoms with Gasteiger partial charge >= 0.3 is 0 Å². The molecule has 2 heteroatoms. The molecule has 3 aliphatic rings. The van der Waals surface area contributed by atoms with Crippen LogP contribution in [-0.4, -0.2) is 28.6 Å². The van der Waals surface area contributed by atoms with Crippen LogP contribution in [0.5, 0.6) is 0 Å². The molecule has 2 nitrogen and oxygen atoms in total. The predicted octanol–water partition coefficient (Wildman–Crippen LogP) is 6.80. The van der Waals surface area contributed by atoms with Crippen molar-refractivity contribution in [2.45, 2.75) is 64.0 Å². The maximum atomic E-state index is 4.03. The first-order valence-electron chi connectivity index (χ1n) is 11.8. The lowest BCUT2D eigenvalue weighted by molar-refractivity contribution is 0.221. The molecule has 156 valence electrons. The lowest BCUT2D eigenvalue weighted by Gasteiger charge is -2.34. The van der Waals surface area contributed by atoms with Crippen LogP contribution in [-0.2, 0) is 6.54 Å². The van der Waals surface area contributed by atoms with E-state index in [0.717, 1.165) is 13.1 Å².